The summed E-state index contributed by atoms with van der Waals surface area (Å²) in [6, 6.07) is 0. The fourth-order valence-corrected chi connectivity index (χ4v) is 3.05. The Morgan fingerprint density at radius 1 is 1.24 bits per heavy atom. The summed E-state index contributed by atoms with van der Waals surface area (Å²) in [5.41, 5.74) is -0.0314. The average Bonchev–Trinajstić information content (AvgIpc) is 2.40. The lowest BCUT2D eigenvalue weighted by Crippen LogP contribution is -2.28. The summed E-state index contributed by atoms with van der Waals surface area (Å²) in [6.07, 6.45) is 7.45. The van der Waals surface area contributed by atoms with Crippen LogP contribution in [-0.4, -0.2) is 24.4 Å². The first-order valence-corrected chi connectivity index (χ1v) is 7.09. The van der Waals surface area contributed by atoms with Crippen molar-refractivity contribution in [2.24, 2.45) is 11.3 Å². The molecule has 1 fully saturated rings. The van der Waals surface area contributed by atoms with Crippen LogP contribution in [0, 0.1) is 11.3 Å². The van der Waals surface area contributed by atoms with Gasteiger partial charge in [0.2, 0.25) is 0 Å². The van der Waals surface area contributed by atoms with Crippen LogP contribution in [0.1, 0.15) is 65.7 Å². The lowest BCUT2D eigenvalue weighted by Gasteiger charge is -2.31. The first-order valence-electron chi connectivity index (χ1n) is 7.09. The zero-order chi connectivity index (χ0) is 12.9. The maximum atomic E-state index is 10.6. The molecule has 0 amide bonds. The van der Waals surface area contributed by atoms with Gasteiger partial charge in [-0.2, -0.15) is 0 Å². The van der Waals surface area contributed by atoms with Gasteiger partial charge >= 0.3 is 0 Å². The van der Waals surface area contributed by atoms with Gasteiger partial charge in [0.1, 0.15) is 0 Å². The second-order valence-electron chi connectivity index (χ2n) is 6.81. The molecule has 102 valence electrons. The van der Waals surface area contributed by atoms with E-state index in [1.54, 1.807) is 7.11 Å². The van der Waals surface area contributed by atoms with Crippen molar-refractivity contribution < 1.29 is 9.84 Å². The number of methoxy groups -OCH3 is 1. The van der Waals surface area contributed by atoms with Gasteiger partial charge in [0, 0.05) is 13.7 Å². The van der Waals surface area contributed by atoms with Crippen LogP contribution in [0.2, 0.25) is 0 Å². The lowest BCUT2D eigenvalue weighted by molar-refractivity contribution is 0.00634. The van der Waals surface area contributed by atoms with Gasteiger partial charge in [0.25, 0.3) is 0 Å². The molecule has 0 saturated heterocycles. The zero-order valence-electron chi connectivity index (χ0n) is 12.1. The van der Waals surface area contributed by atoms with E-state index in [1.165, 1.54) is 19.3 Å². The fraction of sp³-hybridized carbons (Fsp3) is 1.00. The first kappa shape index (κ1) is 15.0. The molecule has 0 radical (unpaired) electrons. The highest BCUT2D eigenvalue weighted by Gasteiger charge is 2.34. The largest absolute Gasteiger partial charge is 0.390 e. The van der Waals surface area contributed by atoms with Crippen molar-refractivity contribution in [3.05, 3.63) is 0 Å². The molecule has 0 aliphatic heterocycles. The van der Waals surface area contributed by atoms with Crippen molar-refractivity contribution in [1.82, 2.24) is 0 Å². The minimum atomic E-state index is -0.418. The number of hydrogen-bond acceptors (Lipinski definition) is 2. The van der Waals surface area contributed by atoms with E-state index >= 15 is 0 Å². The van der Waals surface area contributed by atoms with E-state index in [2.05, 4.69) is 20.8 Å². The lowest BCUT2D eigenvalue weighted by atomic mass is 9.76. The Labute approximate surface area is 107 Å². The van der Waals surface area contributed by atoms with E-state index in [9.17, 15) is 5.11 Å². The molecule has 0 aromatic rings. The Morgan fingerprint density at radius 3 is 2.53 bits per heavy atom. The van der Waals surface area contributed by atoms with Gasteiger partial charge < -0.3 is 9.84 Å². The van der Waals surface area contributed by atoms with Gasteiger partial charge in [-0.15, -0.1) is 0 Å². The normalized spacial score (nSPS) is 31.2. The highest BCUT2D eigenvalue weighted by atomic mass is 16.5. The van der Waals surface area contributed by atoms with Gasteiger partial charge in [-0.3, -0.25) is 0 Å². The van der Waals surface area contributed by atoms with Gasteiger partial charge in [-0.25, -0.2) is 0 Å². The summed E-state index contributed by atoms with van der Waals surface area (Å²) < 4.78 is 5.07. The molecular formula is C15H30O2. The molecule has 0 aromatic carbocycles. The summed E-state index contributed by atoms with van der Waals surface area (Å²) in [4.78, 5) is 0. The zero-order valence-corrected chi connectivity index (χ0v) is 12.1. The van der Waals surface area contributed by atoms with Crippen molar-refractivity contribution in [2.45, 2.75) is 71.3 Å². The standard InChI is InChI=1S/C15H30O2/c1-14(2,3)13-7-5-9-15(16,11-8-13)10-6-12-17-4/h13,16H,5-12H2,1-4H3. The van der Waals surface area contributed by atoms with Crippen molar-refractivity contribution in [1.29, 1.82) is 0 Å². The summed E-state index contributed by atoms with van der Waals surface area (Å²) in [5.74, 6) is 0.763. The smallest absolute Gasteiger partial charge is 0.0648 e. The molecule has 0 heterocycles. The number of rotatable bonds is 4. The van der Waals surface area contributed by atoms with Gasteiger partial charge in [0.15, 0.2) is 0 Å². The monoisotopic (exact) mass is 242 g/mol. The predicted molar refractivity (Wildman–Crippen MR) is 72.1 cm³/mol. The molecule has 0 spiro atoms. The van der Waals surface area contributed by atoms with Crippen molar-refractivity contribution in [3.8, 4) is 0 Å². The van der Waals surface area contributed by atoms with Gasteiger partial charge in [-0.1, -0.05) is 27.2 Å². The van der Waals surface area contributed by atoms with Gasteiger partial charge in [0.05, 0.1) is 5.60 Å². The summed E-state index contributed by atoms with van der Waals surface area (Å²) in [5, 5.41) is 10.6. The molecule has 1 aliphatic carbocycles. The molecule has 0 aromatic heterocycles. The highest BCUT2D eigenvalue weighted by molar-refractivity contribution is 4.86. The third kappa shape index (κ3) is 4.97. The van der Waals surface area contributed by atoms with Crippen LogP contribution in [0.3, 0.4) is 0 Å². The highest BCUT2D eigenvalue weighted by Crippen LogP contribution is 2.40. The molecule has 0 bridgehead atoms. The van der Waals surface area contributed by atoms with E-state index in [0.717, 1.165) is 38.2 Å². The molecule has 2 heteroatoms. The Hall–Kier alpha value is -0.0800. The van der Waals surface area contributed by atoms with E-state index in [-0.39, 0.29) is 0 Å². The SMILES string of the molecule is COCCCC1(O)CCCC(C(C)(C)C)CC1. The van der Waals surface area contributed by atoms with Crippen LogP contribution in [0.4, 0.5) is 0 Å². The van der Waals surface area contributed by atoms with Crippen LogP contribution < -0.4 is 0 Å². The molecule has 17 heavy (non-hydrogen) atoms. The van der Waals surface area contributed by atoms with Crippen LogP contribution in [0.25, 0.3) is 0 Å². The number of hydrogen-bond donors (Lipinski definition) is 1. The number of ether oxygens (including phenoxy) is 1. The minimum absolute atomic E-state index is 0.387. The van der Waals surface area contributed by atoms with Crippen molar-refractivity contribution in [2.75, 3.05) is 13.7 Å². The average molecular weight is 242 g/mol. The second kappa shape index (κ2) is 6.19. The quantitative estimate of drug-likeness (QED) is 0.600. The predicted octanol–water partition coefficient (Wildman–Crippen LogP) is 3.77. The molecule has 1 saturated carbocycles. The molecule has 1 aliphatic rings. The van der Waals surface area contributed by atoms with E-state index < -0.39 is 5.60 Å². The van der Waals surface area contributed by atoms with E-state index in [4.69, 9.17) is 4.74 Å². The van der Waals surface area contributed by atoms with Crippen LogP contribution >= 0.6 is 0 Å². The summed E-state index contributed by atoms with van der Waals surface area (Å²) in [6.45, 7) is 7.75. The second-order valence-corrected chi connectivity index (χ2v) is 6.81. The third-order valence-electron chi connectivity index (χ3n) is 4.37. The summed E-state index contributed by atoms with van der Waals surface area (Å²) >= 11 is 0. The molecular weight excluding hydrogens is 212 g/mol. The third-order valence-corrected chi connectivity index (χ3v) is 4.37. The fourth-order valence-electron chi connectivity index (χ4n) is 3.05. The molecule has 2 unspecified atom stereocenters. The van der Waals surface area contributed by atoms with Crippen molar-refractivity contribution >= 4 is 0 Å². The Bertz CT molecular complexity index is 219. The van der Waals surface area contributed by atoms with E-state index in [0.29, 0.717) is 5.41 Å². The van der Waals surface area contributed by atoms with Crippen LogP contribution in [-0.2, 0) is 4.74 Å². The van der Waals surface area contributed by atoms with Crippen LogP contribution in [0.5, 0.6) is 0 Å². The minimum Gasteiger partial charge on any atom is -0.390 e. The van der Waals surface area contributed by atoms with Crippen molar-refractivity contribution in [3.63, 3.8) is 0 Å². The summed E-state index contributed by atoms with van der Waals surface area (Å²) in [7, 11) is 1.73. The number of aliphatic hydroxyl groups is 1. The van der Waals surface area contributed by atoms with Gasteiger partial charge in [-0.05, 0) is 49.9 Å². The Kier molecular flexibility index (Phi) is 5.46. The Balaban J connectivity index is 2.45. The first-order chi connectivity index (χ1) is 7.87. The molecule has 1 N–H and O–H groups in total. The maximum Gasteiger partial charge on any atom is 0.0648 e. The molecule has 2 atom stereocenters. The molecule has 2 nitrogen and oxygen atoms in total. The molecule has 1 rings (SSSR count). The Morgan fingerprint density at radius 2 is 1.94 bits per heavy atom. The van der Waals surface area contributed by atoms with Crippen LogP contribution in [0.15, 0.2) is 0 Å². The maximum absolute atomic E-state index is 10.6. The van der Waals surface area contributed by atoms with E-state index in [1.807, 2.05) is 0 Å². The topological polar surface area (TPSA) is 29.5 Å².